The van der Waals surface area contributed by atoms with Crippen LogP contribution in [0.1, 0.15) is 38.7 Å². The molecule has 0 aliphatic carbocycles. The molecular formula is C23H24N4O2S. The van der Waals surface area contributed by atoms with Crippen LogP contribution in [0, 0.1) is 0 Å². The zero-order chi connectivity index (χ0) is 21.1. The fourth-order valence-electron chi connectivity index (χ4n) is 3.54. The number of amidine groups is 2. The molecule has 2 heterocycles. The molecule has 4 rings (SSSR count). The number of nitrogens with zero attached hydrogens (tertiary/aromatic N) is 3. The number of carbonyl (C=O) groups is 2. The average molecular weight is 421 g/mol. The maximum atomic E-state index is 13.1. The van der Waals surface area contributed by atoms with Gasteiger partial charge < -0.3 is 5.32 Å². The Morgan fingerprint density at radius 1 is 1.13 bits per heavy atom. The van der Waals surface area contributed by atoms with E-state index in [2.05, 4.69) is 5.32 Å². The third-order valence-corrected chi connectivity index (χ3v) is 6.38. The number of nitrogens with one attached hydrogen (secondary N) is 1. The van der Waals surface area contributed by atoms with Gasteiger partial charge in [0.2, 0.25) is 5.91 Å². The summed E-state index contributed by atoms with van der Waals surface area (Å²) in [7, 11) is 0. The molecule has 2 aliphatic heterocycles. The molecule has 30 heavy (non-hydrogen) atoms. The summed E-state index contributed by atoms with van der Waals surface area (Å²) in [5.74, 6) is 0.473. The zero-order valence-corrected chi connectivity index (χ0v) is 17.9. The number of amides is 2. The predicted octanol–water partition coefficient (Wildman–Crippen LogP) is 4.60. The molecular weight excluding hydrogens is 396 g/mol. The third kappa shape index (κ3) is 3.89. The smallest absolute Gasteiger partial charge is 0.259 e. The lowest BCUT2D eigenvalue weighted by molar-refractivity contribution is -0.124. The van der Waals surface area contributed by atoms with Gasteiger partial charge in [-0.2, -0.15) is 0 Å². The topological polar surface area (TPSA) is 74.1 Å². The van der Waals surface area contributed by atoms with Gasteiger partial charge in [-0.05, 0) is 37.1 Å². The van der Waals surface area contributed by atoms with Gasteiger partial charge in [-0.1, -0.05) is 62.4 Å². The van der Waals surface area contributed by atoms with Crippen LogP contribution in [0.15, 0.2) is 64.6 Å². The van der Waals surface area contributed by atoms with Gasteiger partial charge in [-0.15, -0.1) is 0 Å². The lowest BCUT2D eigenvalue weighted by Crippen LogP contribution is -2.42. The number of fused-ring (bicyclic) bond motifs is 3. The van der Waals surface area contributed by atoms with Crippen LogP contribution in [0.4, 0.5) is 11.4 Å². The van der Waals surface area contributed by atoms with Crippen LogP contribution in [-0.2, 0) is 9.59 Å². The van der Waals surface area contributed by atoms with Crippen LogP contribution in [-0.4, -0.2) is 39.0 Å². The van der Waals surface area contributed by atoms with Gasteiger partial charge in [0.05, 0.1) is 10.9 Å². The molecule has 2 amide bonds. The largest absolute Gasteiger partial charge is 0.325 e. The van der Waals surface area contributed by atoms with E-state index in [1.54, 1.807) is 4.90 Å². The molecule has 154 valence electrons. The summed E-state index contributed by atoms with van der Waals surface area (Å²) in [5, 5.41) is 3.09. The van der Waals surface area contributed by atoms with Crippen molar-refractivity contribution in [1.82, 2.24) is 4.90 Å². The van der Waals surface area contributed by atoms with E-state index in [9.17, 15) is 9.59 Å². The minimum atomic E-state index is -0.389. The zero-order valence-electron chi connectivity index (χ0n) is 17.0. The summed E-state index contributed by atoms with van der Waals surface area (Å²) in [6.45, 7) is 4.00. The first-order chi connectivity index (χ1) is 14.6. The van der Waals surface area contributed by atoms with E-state index in [0.717, 1.165) is 23.4 Å². The number of hydrogen-bond donors (Lipinski definition) is 1. The van der Waals surface area contributed by atoms with Crippen molar-refractivity contribution in [2.24, 2.45) is 9.98 Å². The fraction of sp³-hybridized carbons (Fsp3) is 0.304. The quantitative estimate of drug-likeness (QED) is 0.742. The second kappa shape index (κ2) is 8.83. The summed E-state index contributed by atoms with van der Waals surface area (Å²) in [6, 6.07) is 16.7. The first kappa shape index (κ1) is 20.3. The molecule has 0 bridgehead atoms. The Kier molecular flexibility index (Phi) is 5.99. The lowest BCUT2D eigenvalue weighted by Gasteiger charge is -2.27. The molecule has 0 fully saturated rings. The van der Waals surface area contributed by atoms with Crippen LogP contribution < -0.4 is 5.32 Å². The summed E-state index contributed by atoms with van der Waals surface area (Å²) in [5.41, 5.74) is 2.38. The molecule has 6 nitrogen and oxygen atoms in total. The minimum Gasteiger partial charge on any atom is -0.325 e. The molecule has 1 N–H and O–H groups in total. The molecule has 2 atom stereocenters. The second-order valence-corrected chi connectivity index (χ2v) is 8.38. The van der Waals surface area contributed by atoms with E-state index in [1.807, 2.05) is 68.4 Å². The van der Waals surface area contributed by atoms with Crippen molar-refractivity contribution in [3.63, 3.8) is 0 Å². The highest BCUT2D eigenvalue weighted by molar-refractivity contribution is 8.15. The van der Waals surface area contributed by atoms with Gasteiger partial charge in [0.15, 0.2) is 5.17 Å². The molecule has 0 radical (unpaired) electrons. The number of aliphatic imine (C=N–C) groups is 2. The average Bonchev–Trinajstić information content (AvgIpc) is 3.09. The summed E-state index contributed by atoms with van der Waals surface area (Å²) in [4.78, 5) is 37.0. The van der Waals surface area contributed by atoms with E-state index in [0.29, 0.717) is 23.8 Å². The van der Waals surface area contributed by atoms with E-state index >= 15 is 0 Å². The maximum absolute atomic E-state index is 13.1. The van der Waals surface area contributed by atoms with Crippen molar-refractivity contribution in [2.75, 3.05) is 5.32 Å². The normalized spacial score (nSPS) is 18.3. The number of hydrogen-bond acceptors (Lipinski definition) is 5. The van der Waals surface area contributed by atoms with E-state index in [1.165, 1.54) is 11.8 Å². The van der Waals surface area contributed by atoms with Crippen LogP contribution in [0.3, 0.4) is 0 Å². The molecule has 7 heteroatoms. The predicted molar refractivity (Wildman–Crippen MR) is 122 cm³/mol. The van der Waals surface area contributed by atoms with Crippen molar-refractivity contribution in [2.45, 2.75) is 44.4 Å². The molecule has 0 spiro atoms. The molecule has 2 aromatic carbocycles. The summed E-state index contributed by atoms with van der Waals surface area (Å²) >= 11 is 1.32. The minimum absolute atomic E-state index is 0.0640. The van der Waals surface area contributed by atoms with Crippen molar-refractivity contribution in [1.29, 1.82) is 0 Å². The Balaban J connectivity index is 1.62. The van der Waals surface area contributed by atoms with Crippen LogP contribution >= 0.6 is 11.8 Å². The van der Waals surface area contributed by atoms with Gasteiger partial charge in [0.1, 0.15) is 11.9 Å². The highest BCUT2D eigenvalue weighted by Crippen LogP contribution is 2.35. The van der Waals surface area contributed by atoms with Crippen LogP contribution in [0.5, 0.6) is 0 Å². The maximum Gasteiger partial charge on any atom is 0.259 e. The summed E-state index contributed by atoms with van der Waals surface area (Å²) in [6.07, 6.45) is 2.18. The number of carbonyl (C=O) groups excluding carboxylic acids is 2. The van der Waals surface area contributed by atoms with Gasteiger partial charge in [-0.25, -0.2) is 9.89 Å². The number of para-hydroxylation sites is 2. The molecule has 0 aromatic heterocycles. The van der Waals surface area contributed by atoms with E-state index in [4.69, 9.17) is 9.98 Å². The van der Waals surface area contributed by atoms with Gasteiger partial charge >= 0.3 is 0 Å². The highest BCUT2D eigenvalue weighted by Gasteiger charge is 2.41. The Bertz CT molecular complexity index is 1020. The van der Waals surface area contributed by atoms with Gasteiger partial charge in [-0.3, -0.25) is 14.6 Å². The summed E-state index contributed by atoms with van der Waals surface area (Å²) < 4.78 is 0. The number of rotatable bonds is 6. The molecule has 2 unspecified atom stereocenters. The van der Waals surface area contributed by atoms with Crippen molar-refractivity contribution in [3.05, 3.63) is 60.2 Å². The van der Waals surface area contributed by atoms with Crippen LogP contribution in [0.2, 0.25) is 0 Å². The lowest BCUT2D eigenvalue weighted by atomic mass is 10.1. The fourth-order valence-corrected chi connectivity index (χ4v) is 4.56. The third-order valence-electron chi connectivity index (χ3n) is 5.06. The molecule has 0 saturated carbocycles. The van der Waals surface area contributed by atoms with Crippen molar-refractivity contribution >= 4 is 46.0 Å². The Morgan fingerprint density at radius 2 is 1.87 bits per heavy atom. The van der Waals surface area contributed by atoms with Gasteiger partial charge in [0.25, 0.3) is 5.91 Å². The SMILES string of the molecule is CCCC1N=C2c3ccccc3N=C(SC(CC)C(=O)Nc3ccccc3)N2C1=O. The van der Waals surface area contributed by atoms with Crippen LogP contribution in [0.25, 0.3) is 0 Å². The standard InChI is InChI=1S/C23H24N4O2S/c1-3-10-18-22(29)27-20(25-18)16-13-8-9-14-17(16)26-23(27)30-19(4-2)21(28)24-15-11-6-5-7-12-15/h5-9,11-14,18-19H,3-4,10H2,1-2H3,(H,24,28). The van der Waals surface area contributed by atoms with Gasteiger partial charge in [0, 0.05) is 11.3 Å². The van der Waals surface area contributed by atoms with E-state index < -0.39 is 0 Å². The Hall–Kier alpha value is -2.93. The molecule has 0 saturated heterocycles. The number of thioether (sulfide) groups is 1. The van der Waals surface area contributed by atoms with Crippen molar-refractivity contribution < 1.29 is 9.59 Å². The number of anilines is 1. The first-order valence-corrected chi connectivity index (χ1v) is 11.1. The molecule has 2 aliphatic rings. The second-order valence-electron chi connectivity index (χ2n) is 7.21. The monoisotopic (exact) mass is 420 g/mol. The highest BCUT2D eigenvalue weighted by atomic mass is 32.2. The first-order valence-electron chi connectivity index (χ1n) is 10.2. The number of benzene rings is 2. The Morgan fingerprint density at radius 3 is 2.60 bits per heavy atom. The Labute approximate surface area is 180 Å². The van der Waals surface area contributed by atoms with Crippen molar-refractivity contribution in [3.8, 4) is 0 Å². The van der Waals surface area contributed by atoms with E-state index in [-0.39, 0.29) is 23.1 Å². The molecule has 2 aromatic rings.